The van der Waals surface area contributed by atoms with Gasteiger partial charge in [0.1, 0.15) is 11.3 Å². The highest BCUT2D eigenvalue weighted by molar-refractivity contribution is 5.72. The highest BCUT2D eigenvalue weighted by Gasteiger charge is 2.54. The van der Waals surface area contributed by atoms with Crippen LogP contribution in [0.4, 0.5) is 17.6 Å². The lowest BCUT2D eigenvalue weighted by atomic mass is 9.91. The van der Waals surface area contributed by atoms with E-state index in [4.69, 9.17) is 4.42 Å². The molecule has 1 N–H and O–H groups in total. The van der Waals surface area contributed by atoms with Crippen molar-refractivity contribution in [2.45, 2.75) is 31.2 Å². The number of hydrogen-bond donors (Lipinski definition) is 1. The van der Waals surface area contributed by atoms with E-state index in [1.54, 1.807) is 4.90 Å². The number of oxazole rings is 1. The lowest BCUT2D eigenvalue weighted by Gasteiger charge is -2.38. The van der Waals surface area contributed by atoms with Gasteiger partial charge in [-0.1, -0.05) is 0 Å². The summed E-state index contributed by atoms with van der Waals surface area (Å²) in [6.07, 6.45) is -5.38. The van der Waals surface area contributed by atoms with E-state index in [9.17, 15) is 22.7 Å². The number of hydrogen-bond acceptors (Lipinski definition) is 4. The number of piperidine rings is 1. The van der Waals surface area contributed by atoms with E-state index >= 15 is 0 Å². The van der Waals surface area contributed by atoms with E-state index in [1.807, 2.05) is 0 Å². The lowest BCUT2D eigenvalue weighted by Crippen LogP contribution is -2.53. The number of halogens is 4. The molecule has 1 aromatic heterocycles. The van der Waals surface area contributed by atoms with Gasteiger partial charge in [-0.05, 0) is 25.0 Å². The molecule has 120 valence electrons. The van der Waals surface area contributed by atoms with Crippen molar-refractivity contribution in [3.8, 4) is 0 Å². The third-order valence-corrected chi connectivity index (χ3v) is 3.96. The molecule has 0 unspecified atom stereocenters. The first kappa shape index (κ1) is 15.2. The maximum atomic E-state index is 13.1. The molecule has 3 rings (SSSR count). The molecule has 1 aliphatic rings. The zero-order chi connectivity index (χ0) is 16.0. The molecule has 0 amide bonds. The van der Waals surface area contributed by atoms with Crippen molar-refractivity contribution in [2.75, 3.05) is 13.1 Å². The fourth-order valence-electron chi connectivity index (χ4n) is 2.57. The van der Waals surface area contributed by atoms with Crippen molar-refractivity contribution in [1.82, 2.24) is 9.88 Å². The molecule has 0 bridgehead atoms. The van der Waals surface area contributed by atoms with Crippen LogP contribution in [0.2, 0.25) is 0 Å². The summed E-state index contributed by atoms with van der Waals surface area (Å²) in [7, 11) is 0. The monoisotopic (exact) mass is 318 g/mol. The summed E-state index contributed by atoms with van der Waals surface area (Å²) in [4.78, 5) is 5.84. The minimum absolute atomic E-state index is 0.0864. The summed E-state index contributed by atoms with van der Waals surface area (Å²) >= 11 is 0. The smallest absolute Gasteiger partial charge is 0.417 e. The second-order valence-corrected chi connectivity index (χ2v) is 5.53. The summed E-state index contributed by atoms with van der Waals surface area (Å²) in [5.74, 6) is -0.112. The Labute approximate surface area is 123 Å². The van der Waals surface area contributed by atoms with Crippen LogP contribution in [0.5, 0.6) is 0 Å². The molecular weight excluding hydrogens is 304 g/mol. The van der Waals surface area contributed by atoms with Gasteiger partial charge in [0, 0.05) is 19.2 Å². The molecule has 1 aliphatic heterocycles. The normalized spacial score (nSPS) is 19.7. The summed E-state index contributed by atoms with van der Waals surface area (Å²) in [6, 6.07) is 3.95. The Morgan fingerprint density at radius 1 is 1.27 bits per heavy atom. The summed E-state index contributed by atoms with van der Waals surface area (Å²) in [5, 5.41) is 9.60. The first-order valence-corrected chi connectivity index (χ1v) is 6.83. The number of aliphatic hydroxyl groups is 1. The maximum Gasteiger partial charge on any atom is 0.417 e. The zero-order valence-corrected chi connectivity index (χ0v) is 11.5. The molecular formula is C14H14F4N2O2. The Hall–Kier alpha value is -1.67. The van der Waals surface area contributed by atoms with E-state index in [1.165, 1.54) is 18.2 Å². The van der Waals surface area contributed by atoms with Crippen LogP contribution in [-0.2, 0) is 6.54 Å². The Morgan fingerprint density at radius 3 is 2.59 bits per heavy atom. The van der Waals surface area contributed by atoms with Crippen LogP contribution >= 0.6 is 0 Å². The first-order chi connectivity index (χ1) is 10.3. The minimum Gasteiger partial charge on any atom is -0.439 e. The van der Waals surface area contributed by atoms with Gasteiger partial charge in [0.2, 0.25) is 5.89 Å². The zero-order valence-electron chi connectivity index (χ0n) is 11.5. The molecule has 0 atom stereocenters. The van der Waals surface area contributed by atoms with Gasteiger partial charge in [0.05, 0.1) is 6.54 Å². The van der Waals surface area contributed by atoms with Gasteiger partial charge in [0.25, 0.3) is 0 Å². The second kappa shape index (κ2) is 5.20. The topological polar surface area (TPSA) is 49.5 Å². The Balaban J connectivity index is 1.67. The van der Waals surface area contributed by atoms with E-state index in [2.05, 4.69) is 4.98 Å². The predicted octanol–water partition coefficient (Wildman–Crippen LogP) is 2.86. The first-order valence-electron chi connectivity index (χ1n) is 6.83. The van der Waals surface area contributed by atoms with Gasteiger partial charge in [-0.15, -0.1) is 0 Å². The van der Waals surface area contributed by atoms with Crippen LogP contribution in [0.15, 0.2) is 22.6 Å². The second-order valence-electron chi connectivity index (χ2n) is 5.53. The van der Waals surface area contributed by atoms with Gasteiger partial charge in [-0.3, -0.25) is 4.90 Å². The maximum absolute atomic E-state index is 13.1. The van der Waals surface area contributed by atoms with Crippen LogP contribution in [0, 0.1) is 5.82 Å². The van der Waals surface area contributed by atoms with Crippen molar-refractivity contribution in [3.63, 3.8) is 0 Å². The fraction of sp³-hybridized carbons (Fsp3) is 0.500. The lowest BCUT2D eigenvalue weighted by molar-refractivity contribution is -0.273. The van der Waals surface area contributed by atoms with E-state index in [0.717, 1.165) is 0 Å². The van der Waals surface area contributed by atoms with E-state index in [-0.39, 0.29) is 32.5 Å². The molecule has 0 aliphatic carbocycles. The van der Waals surface area contributed by atoms with Gasteiger partial charge in [0.15, 0.2) is 11.2 Å². The largest absolute Gasteiger partial charge is 0.439 e. The summed E-state index contributed by atoms with van der Waals surface area (Å²) in [6.45, 7) is 0.399. The third kappa shape index (κ3) is 2.80. The van der Waals surface area contributed by atoms with Crippen molar-refractivity contribution >= 4 is 11.1 Å². The molecule has 1 fully saturated rings. The van der Waals surface area contributed by atoms with Gasteiger partial charge < -0.3 is 9.52 Å². The van der Waals surface area contributed by atoms with Gasteiger partial charge in [-0.25, -0.2) is 9.37 Å². The molecule has 22 heavy (non-hydrogen) atoms. The summed E-state index contributed by atoms with van der Waals surface area (Å²) < 4.78 is 56.7. The van der Waals surface area contributed by atoms with Crippen molar-refractivity contribution in [2.24, 2.45) is 0 Å². The predicted molar refractivity (Wildman–Crippen MR) is 69.5 cm³/mol. The Kier molecular flexibility index (Phi) is 3.60. The van der Waals surface area contributed by atoms with Crippen LogP contribution < -0.4 is 0 Å². The number of nitrogens with zero attached hydrogens (tertiary/aromatic N) is 2. The number of rotatable bonds is 2. The average molecular weight is 318 g/mol. The number of benzene rings is 1. The third-order valence-electron chi connectivity index (χ3n) is 3.96. The number of alkyl halides is 3. The number of fused-ring (bicyclic) bond motifs is 1. The highest BCUT2D eigenvalue weighted by Crippen LogP contribution is 2.38. The standard InChI is InChI=1S/C14H14F4N2O2/c15-9-1-2-11-10(7-9)19-12(22-11)8-20-5-3-13(21,4-6-20)14(16,17)18/h1-2,7,21H,3-6,8H2. The Bertz CT molecular complexity index is 675. The fourth-order valence-corrected chi connectivity index (χ4v) is 2.57. The van der Waals surface area contributed by atoms with Crippen LogP contribution in [0.1, 0.15) is 18.7 Å². The van der Waals surface area contributed by atoms with Crippen molar-refractivity contribution in [3.05, 3.63) is 29.9 Å². The molecule has 0 saturated carbocycles. The van der Waals surface area contributed by atoms with Crippen LogP contribution in [0.25, 0.3) is 11.1 Å². The molecule has 0 spiro atoms. The highest BCUT2D eigenvalue weighted by atomic mass is 19.4. The van der Waals surface area contributed by atoms with E-state index < -0.39 is 17.6 Å². The Morgan fingerprint density at radius 2 is 1.95 bits per heavy atom. The quantitative estimate of drug-likeness (QED) is 0.865. The molecule has 1 saturated heterocycles. The molecule has 8 heteroatoms. The van der Waals surface area contributed by atoms with Gasteiger partial charge in [-0.2, -0.15) is 13.2 Å². The minimum atomic E-state index is -4.62. The molecule has 4 nitrogen and oxygen atoms in total. The van der Waals surface area contributed by atoms with Gasteiger partial charge >= 0.3 is 6.18 Å². The number of likely N-dealkylation sites (tertiary alicyclic amines) is 1. The molecule has 2 heterocycles. The molecule has 2 aromatic rings. The van der Waals surface area contributed by atoms with Crippen LogP contribution in [0.3, 0.4) is 0 Å². The van der Waals surface area contributed by atoms with E-state index in [0.29, 0.717) is 17.0 Å². The average Bonchev–Trinajstić information content (AvgIpc) is 2.81. The van der Waals surface area contributed by atoms with Crippen molar-refractivity contribution < 1.29 is 27.1 Å². The molecule has 0 radical (unpaired) electrons. The summed E-state index contributed by atoms with van der Waals surface area (Å²) in [5.41, 5.74) is -1.81. The number of aromatic nitrogens is 1. The van der Waals surface area contributed by atoms with Crippen molar-refractivity contribution in [1.29, 1.82) is 0 Å². The van der Waals surface area contributed by atoms with Crippen LogP contribution in [-0.4, -0.2) is 39.9 Å². The SMILES string of the molecule is OC1(C(F)(F)F)CCN(Cc2nc3cc(F)ccc3o2)CC1. The molecule has 1 aromatic carbocycles.